The van der Waals surface area contributed by atoms with Crippen molar-refractivity contribution >= 4 is 30.6 Å². The molecule has 2 fully saturated rings. The smallest absolute Gasteiger partial charge is 0.302 e. The molecule has 1 N–H and O–H groups in total. The molecule has 250 valence electrons. The number of hydrogen-bond acceptors (Lipinski definition) is 5. The topological polar surface area (TPSA) is 72.8 Å². The lowest BCUT2D eigenvalue weighted by atomic mass is 9.48. The van der Waals surface area contributed by atoms with Crippen LogP contribution in [0.3, 0.4) is 0 Å². The largest absolute Gasteiger partial charge is 0.466 e. The van der Waals surface area contributed by atoms with Crippen molar-refractivity contribution < 1.29 is 23.9 Å². The van der Waals surface area contributed by atoms with E-state index in [2.05, 4.69) is 89.2 Å². The highest BCUT2D eigenvalue weighted by Crippen LogP contribution is 2.64. The molecular weight excluding hydrogens is 589 g/mol. The van der Waals surface area contributed by atoms with E-state index in [1.165, 1.54) is 25.8 Å². The van der Waals surface area contributed by atoms with Crippen LogP contribution in [0.25, 0.3) is 0 Å². The summed E-state index contributed by atoms with van der Waals surface area (Å²) >= 11 is 0. The van der Waals surface area contributed by atoms with E-state index in [0.717, 1.165) is 55.3 Å². The number of carbonyl (C=O) groups is 2. The Bertz CT molecular complexity index is 1360. The Hall–Kier alpha value is -2.70. The summed E-state index contributed by atoms with van der Waals surface area (Å²) in [5.41, 5.74) is 1.67. The van der Waals surface area contributed by atoms with Gasteiger partial charge >= 0.3 is 11.9 Å². The van der Waals surface area contributed by atoms with Gasteiger partial charge in [0.05, 0.1) is 6.61 Å². The zero-order valence-corrected chi connectivity index (χ0v) is 30.2. The molecule has 5 nitrogen and oxygen atoms in total. The van der Waals surface area contributed by atoms with Crippen LogP contribution in [-0.2, 0) is 19.1 Å². The molecule has 0 heterocycles. The molecule has 2 saturated carbocycles. The molecule has 0 saturated heterocycles. The van der Waals surface area contributed by atoms with Gasteiger partial charge in [-0.2, -0.15) is 0 Å². The lowest BCUT2D eigenvalue weighted by Crippen LogP contribution is -2.65. The standard InChI is InChI=1S/C40H56O5Si/c1-28-18-19-36-35(21-23-38(4,5)46(43,33-14-10-8-11-15-33)34-16-12-9-13-17-34)37(22-25-39(28,36)6)40(7)24-20-32(45-30(3)42)26-31(40)27-44-29(2)41/h8-18,31-32,35-37,43H,19-27H2,1-7H3/t31-,32+,35+,36+,37+,39-,40+/m1/s1. The average Bonchev–Trinajstić information content (AvgIpc) is 3.34. The van der Waals surface area contributed by atoms with Gasteiger partial charge in [-0.3, -0.25) is 9.59 Å². The second kappa shape index (κ2) is 13.4. The molecule has 0 aliphatic heterocycles. The first-order valence-electron chi connectivity index (χ1n) is 17.5. The van der Waals surface area contributed by atoms with Crippen LogP contribution in [0.5, 0.6) is 0 Å². The molecule has 0 spiro atoms. The highest BCUT2D eigenvalue weighted by Gasteiger charge is 2.57. The van der Waals surface area contributed by atoms with Gasteiger partial charge in [-0.1, -0.05) is 100 Å². The number of allylic oxidation sites excluding steroid dienone is 2. The Balaban J connectivity index is 1.50. The SMILES string of the molecule is CC(=O)OC[C@H]1C[C@@H](OC(C)=O)CC[C@]1(C)[C@H]1CC[C@]2(C)C(C)=CC[C@H]2[C@@H]1CCC(C)(C)[Si](O)(c1ccccc1)c1ccccc1. The van der Waals surface area contributed by atoms with Gasteiger partial charge < -0.3 is 14.3 Å². The van der Waals surface area contributed by atoms with Crippen LogP contribution in [-0.4, -0.2) is 37.8 Å². The summed E-state index contributed by atoms with van der Waals surface area (Å²) in [7, 11) is -3.14. The van der Waals surface area contributed by atoms with Gasteiger partial charge in [0.15, 0.2) is 0 Å². The Morgan fingerprint density at radius 2 is 1.52 bits per heavy atom. The lowest BCUT2D eigenvalue weighted by molar-refractivity contribution is -0.161. The maximum atomic E-state index is 13.0. The first kappa shape index (κ1) is 34.6. The molecular formula is C40H56O5Si. The molecule has 7 atom stereocenters. The molecule has 2 aromatic carbocycles. The second-order valence-electron chi connectivity index (χ2n) is 15.8. The third kappa shape index (κ3) is 6.41. The highest BCUT2D eigenvalue weighted by molar-refractivity contribution is 6.98. The van der Waals surface area contributed by atoms with Crippen molar-refractivity contribution in [1.29, 1.82) is 0 Å². The van der Waals surface area contributed by atoms with E-state index < -0.39 is 8.32 Å². The van der Waals surface area contributed by atoms with Gasteiger partial charge in [0.25, 0.3) is 8.32 Å². The predicted molar refractivity (Wildman–Crippen MR) is 187 cm³/mol. The van der Waals surface area contributed by atoms with E-state index in [1.807, 2.05) is 12.1 Å². The molecule has 0 amide bonds. The molecule has 3 aliphatic rings. The van der Waals surface area contributed by atoms with Crippen LogP contribution < -0.4 is 10.4 Å². The summed E-state index contributed by atoms with van der Waals surface area (Å²) in [5.74, 6) is 1.08. The van der Waals surface area contributed by atoms with Crippen molar-refractivity contribution in [1.82, 2.24) is 0 Å². The van der Waals surface area contributed by atoms with Crippen molar-refractivity contribution in [3.63, 3.8) is 0 Å². The fourth-order valence-electron chi connectivity index (χ4n) is 9.99. The highest BCUT2D eigenvalue weighted by atomic mass is 28.4. The minimum absolute atomic E-state index is 0.0503. The van der Waals surface area contributed by atoms with Crippen LogP contribution in [0.15, 0.2) is 72.3 Å². The van der Waals surface area contributed by atoms with Gasteiger partial charge in [0, 0.05) is 19.8 Å². The van der Waals surface area contributed by atoms with Crippen molar-refractivity contribution in [2.24, 2.45) is 34.5 Å². The van der Waals surface area contributed by atoms with Crippen LogP contribution in [0.4, 0.5) is 0 Å². The third-order valence-corrected chi connectivity index (χ3v) is 17.6. The van der Waals surface area contributed by atoms with E-state index in [-0.39, 0.29) is 39.8 Å². The first-order valence-corrected chi connectivity index (χ1v) is 19.5. The maximum absolute atomic E-state index is 13.0. The number of rotatable bonds is 10. The Kier molecular flexibility index (Phi) is 10.1. The number of carbonyl (C=O) groups excluding carboxylic acids is 2. The number of ether oxygens (including phenoxy) is 2. The van der Waals surface area contributed by atoms with Crippen LogP contribution in [0, 0.1) is 34.5 Å². The minimum Gasteiger partial charge on any atom is -0.466 e. The fraction of sp³-hybridized carbons (Fsp3) is 0.600. The molecule has 2 aromatic rings. The molecule has 0 bridgehead atoms. The van der Waals surface area contributed by atoms with Gasteiger partial charge in [-0.15, -0.1) is 0 Å². The van der Waals surface area contributed by atoms with E-state index in [4.69, 9.17) is 9.47 Å². The van der Waals surface area contributed by atoms with Crippen molar-refractivity contribution in [3.05, 3.63) is 72.3 Å². The van der Waals surface area contributed by atoms with Gasteiger partial charge in [-0.05, 0) is 102 Å². The summed E-state index contributed by atoms with van der Waals surface area (Å²) in [6, 6.07) is 20.8. The molecule has 0 radical (unpaired) electrons. The molecule has 0 aromatic heterocycles. The molecule has 3 aliphatic carbocycles. The number of esters is 2. The van der Waals surface area contributed by atoms with E-state index >= 15 is 0 Å². The average molecular weight is 645 g/mol. The Morgan fingerprint density at radius 3 is 2.09 bits per heavy atom. The predicted octanol–water partition coefficient (Wildman–Crippen LogP) is 7.60. The Labute approximate surface area is 278 Å². The minimum atomic E-state index is -3.14. The maximum Gasteiger partial charge on any atom is 0.302 e. The summed E-state index contributed by atoms with van der Waals surface area (Å²) in [4.78, 5) is 36.9. The monoisotopic (exact) mass is 644 g/mol. The number of fused-ring (bicyclic) bond motifs is 1. The number of hydrogen-bond donors (Lipinski definition) is 1. The van der Waals surface area contributed by atoms with Gasteiger partial charge in [0.1, 0.15) is 6.10 Å². The van der Waals surface area contributed by atoms with E-state index in [0.29, 0.717) is 24.4 Å². The zero-order chi connectivity index (χ0) is 33.3. The van der Waals surface area contributed by atoms with Crippen molar-refractivity contribution in [3.8, 4) is 0 Å². The molecule has 5 rings (SSSR count). The van der Waals surface area contributed by atoms with Crippen LogP contribution in [0.2, 0.25) is 5.04 Å². The fourth-order valence-corrected chi connectivity index (χ4v) is 13.7. The molecule has 6 heteroatoms. The number of benzene rings is 2. The van der Waals surface area contributed by atoms with E-state index in [1.54, 1.807) is 0 Å². The van der Waals surface area contributed by atoms with Crippen molar-refractivity contribution in [2.45, 2.75) is 111 Å². The summed E-state index contributed by atoms with van der Waals surface area (Å²) in [5, 5.41) is 1.80. The van der Waals surface area contributed by atoms with Gasteiger partial charge in [-0.25, -0.2) is 0 Å². The normalized spacial score (nSPS) is 31.5. The van der Waals surface area contributed by atoms with Gasteiger partial charge in [0.2, 0.25) is 0 Å². The quantitative estimate of drug-likeness (QED) is 0.164. The molecule has 0 unspecified atom stereocenters. The zero-order valence-electron chi connectivity index (χ0n) is 29.2. The van der Waals surface area contributed by atoms with E-state index in [9.17, 15) is 14.4 Å². The third-order valence-electron chi connectivity index (χ3n) is 13.0. The summed E-state index contributed by atoms with van der Waals surface area (Å²) < 4.78 is 11.5. The second-order valence-corrected chi connectivity index (χ2v) is 19.8. The molecule has 46 heavy (non-hydrogen) atoms. The summed E-state index contributed by atoms with van der Waals surface area (Å²) in [6.45, 7) is 15.2. The first-order chi connectivity index (χ1) is 21.7. The van der Waals surface area contributed by atoms with Crippen molar-refractivity contribution in [2.75, 3.05) is 6.61 Å². The Morgan fingerprint density at radius 1 is 0.913 bits per heavy atom. The summed E-state index contributed by atoms with van der Waals surface area (Å²) in [6.07, 6.45) is 10.2. The van der Waals surface area contributed by atoms with Crippen LogP contribution in [0.1, 0.15) is 99.8 Å². The lowest BCUT2D eigenvalue weighted by Gasteiger charge is -2.57. The van der Waals surface area contributed by atoms with Crippen LogP contribution >= 0.6 is 0 Å².